The van der Waals surface area contributed by atoms with Crippen LogP contribution in [0.1, 0.15) is 57.1 Å². The maximum absolute atomic E-state index is 13.5. The minimum Gasteiger partial charge on any atom is -0.354 e. The Balaban J connectivity index is 2.27. The minimum absolute atomic E-state index is 0.0373. The van der Waals surface area contributed by atoms with Crippen LogP contribution in [-0.4, -0.2) is 50.5 Å². The Morgan fingerprint density at radius 3 is 2.34 bits per heavy atom. The first kappa shape index (κ1) is 32.2. The maximum Gasteiger partial charge on any atom is 0.242 e. The molecule has 0 saturated carbocycles. The largest absolute Gasteiger partial charge is 0.354 e. The van der Waals surface area contributed by atoms with Crippen molar-refractivity contribution in [2.45, 2.75) is 65.5 Å². The highest BCUT2D eigenvalue weighted by atomic mass is 35.5. The Labute approximate surface area is 241 Å². The molecule has 2 amide bonds. The van der Waals surface area contributed by atoms with Gasteiger partial charge >= 0.3 is 0 Å². The van der Waals surface area contributed by atoms with E-state index in [2.05, 4.69) is 5.32 Å². The number of halogens is 3. The van der Waals surface area contributed by atoms with E-state index in [0.29, 0.717) is 44.8 Å². The number of nitrogens with zero attached hydrogens (tertiary/aromatic N) is 2. The molecule has 0 unspecified atom stereocenters. The van der Waals surface area contributed by atoms with Crippen molar-refractivity contribution in [2.24, 2.45) is 0 Å². The monoisotopic (exact) mass is 603 g/mol. The van der Waals surface area contributed by atoms with E-state index in [1.54, 1.807) is 43.3 Å². The number of nitrogens with one attached hydrogen (secondary N) is 1. The number of anilines is 1. The second-order valence-corrected chi connectivity index (χ2v) is 12.3. The van der Waals surface area contributed by atoms with Gasteiger partial charge in [0.1, 0.15) is 6.04 Å². The van der Waals surface area contributed by atoms with Gasteiger partial charge in [0, 0.05) is 41.1 Å². The van der Waals surface area contributed by atoms with Gasteiger partial charge in [0.25, 0.3) is 0 Å². The summed E-state index contributed by atoms with van der Waals surface area (Å²) in [5.74, 6) is -0.503. The lowest BCUT2D eigenvalue weighted by atomic mass is 10.1. The number of amides is 2. The average molecular weight is 605 g/mol. The molecule has 0 radical (unpaired) electrons. The number of hydrogen-bond acceptors (Lipinski definition) is 4. The summed E-state index contributed by atoms with van der Waals surface area (Å²) in [7, 11) is -3.63. The molecule has 1 atom stereocenters. The van der Waals surface area contributed by atoms with E-state index in [1.807, 2.05) is 13.8 Å². The molecule has 0 aliphatic carbocycles. The van der Waals surface area contributed by atoms with Gasteiger partial charge in [-0.05, 0) is 61.6 Å². The third-order valence-electron chi connectivity index (χ3n) is 6.23. The number of unbranched alkanes of at least 4 members (excludes halogenated alkanes) is 1. The summed E-state index contributed by atoms with van der Waals surface area (Å²) in [5, 5.41) is 4.25. The predicted molar refractivity (Wildman–Crippen MR) is 157 cm³/mol. The maximum atomic E-state index is 13.5. The molecule has 210 valence electrons. The van der Waals surface area contributed by atoms with Crippen LogP contribution in [0.5, 0.6) is 0 Å². The molecule has 1 N–H and O–H groups in total. The zero-order chi connectivity index (χ0) is 28.5. The number of carbonyl (C=O) groups excluding carboxylic acids is 2. The van der Waals surface area contributed by atoms with Gasteiger partial charge in [-0.2, -0.15) is 0 Å². The molecular formula is C27H36Cl3N3O4S. The molecule has 0 heterocycles. The highest BCUT2D eigenvalue weighted by Crippen LogP contribution is 2.29. The van der Waals surface area contributed by atoms with Crippen molar-refractivity contribution in [1.82, 2.24) is 10.2 Å². The number of sulfonamides is 1. The lowest BCUT2D eigenvalue weighted by Gasteiger charge is -2.31. The summed E-state index contributed by atoms with van der Waals surface area (Å²) in [6.45, 7) is 6.37. The van der Waals surface area contributed by atoms with Crippen LogP contribution >= 0.6 is 34.8 Å². The molecule has 0 spiro atoms. The van der Waals surface area contributed by atoms with E-state index >= 15 is 0 Å². The summed E-state index contributed by atoms with van der Waals surface area (Å²) in [5.41, 5.74) is 1.77. The summed E-state index contributed by atoms with van der Waals surface area (Å²) in [6.07, 6.45) is 3.59. The first-order valence-corrected chi connectivity index (χ1v) is 15.6. The topological polar surface area (TPSA) is 86.8 Å². The van der Waals surface area contributed by atoms with Crippen molar-refractivity contribution in [3.8, 4) is 0 Å². The Morgan fingerprint density at radius 1 is 1.03 bits per heavy atom. The first-order valence-electron chi connectivity index (χ1n) is 12.6. The SMILES string of the molecule is CCCCNC(=O)[C@@H](CC)N(Cc1ccc(Cl)cc1Cl)C(=O)CCCN(c1cccc(Cl)c1C)S(C)(=O)=O. The smallest absolute Gasteiger partial charge is 0.242 e. The third-order valence-corrected chi connectivity index (χ3v) is 8.41. The zero-order valence-electron chi connectivity index (χ0n) is 22.3. The Morgan fingerprint density at radius 2 is 1.74 bits per heavy atom. The fourth-order valence-electron chi connectivity index (χ4n) is 4.11. The molecule has 38 heavy (non-hydrogen) atoms. The molecule has 0 aromatic heterocycles. The number of benzene rings is 2. The van der Waals surface area contributed by atoms with Crippen molar-refractivity contribution in [2.75, 3.05) is 23.7 Å². The Hall–Kier alpha value is -2.00. The van der Waals surface area contributed by atoms with Gasteiger partial charge in [-0.1, -0.05) is 67.2 Å². The van der Waals surface area contributed by atoms with E-state index in [4.69, 9.17) is 34.8 Å². The van der Waals surface area contributed by atoms with Crippen LogP contribution in [0.4, 0.5) is 5.69 Å². The van der Waals surface area contributed by atoms with E-state index in [9.17, 15) is 18.0 Å². The molecule has 0 bridgehead atoms. The standard InChI is InChI=1S/C27H36Cl3N3O4S/c1-5-7-15-31-27(35)24(6-2)32(18-20-13-14-21(28)17-23(20)30)26(34)12-9-16-33(38(4,36)37)25-11-8-10-22(29)19(25)3/h8,10-11,13-14,17,24H,5-7,9,12,15-16,18H2,1-4H3,(H,31,35)/t24-/m1/s1. The molecule has 0 aliphatic rings. The van der Waals surface area contributed by atoms with Gasteiger partial charge in [0.15, 0.2) is 0 Å². The lowest BCUT2D eigenvalue weighted by molar-refractivity contribution is -0.141. The summed E-state index contributed by atoms with van der Waals surface area (Å²) >= 11 is 18.7. The van der Waals surface area contributed by atoms with Crippen molar-refractivity contribution < 1.29 is 18.0 Å². The van der Waals surface area contributed by atoms with Crippen molar-refractivity contribution in [3.63, 3.8) is 0 Å². The quantitative estimate of drug-likeness (QED) is 0.259. The van der Waals surface area contributed by atoms with Gasteiger partial charge in [0.05, 0.1) is 11.9 Å². The lowest BCUT2D eigenvalue weighted by Crippen LogP contribution is -2.49. The summed E-state index contributed by atoms with van der Waals surface area (Å²) in [6, 6.07) is 9.39. The first-order chi connectivity index (χ1) is 17.9. The second kappa shape index (κ2) is 15.0. The average Bonchev–Trinajstić information content (AvgIpc) is 2.84. The van der Waals surface area contributed by atoms with Crippen molar-refractivity contribution in [1.29, 1.82) is 0 Å². The number of rotatable bonds is 14. The van der Waals surface area contributed by atoms with Crippen LogP contribution in [-0.2, 0) is 26.2 Å². The molecule has 2 rings (SSSR count). The van der Waals surface area contributed by atoms with Gasteiger partial charge in [-0.25, -0.2) is 8.42 Å². The van der Waals surface area contributed by atoms with Crippen LogP contribution in [0.3, 0.4) is 0 Å². The van der Waals surface area contributed by atoms with Crippen LogP contribution in [0.2, 0.25) is 15.1 Å². The molecule has 0 saturated heterocycles. The van der Waals surface area contributed by atoms with Crippen molar-refractivity contribution >= 4 is 62.3 Å². The van der Waals surface area contributed by atoms with E-state index < -0.39 is 16.1 Å². The Kier molecular flexibility index (Phi) is 12.7. The molecule has 11 heteroatoms. The van der Waals surface area contributed by atoms with Crippen LogP contribution in [0, 0.1) is 6.92 Å². The van der Waals surface area contributed by atoms with E-state index in [-0.39, 0.29) is 37.7 Å². The van der Waals surface area contributed by atoms with E-state index in [0.717, 1.165) is 19.1 Å². The molecule has 2 aromatic rings. The normalized spacial score (nSPS) is 12.2. The molecule has 0 aliphatic heterocycles. The number of hydrogen-bond donors (Lipinski definition) is 1. The van der Waals surface area contributed by atoms with Gasteiger partial charge in [-0.3, -0.25) is 13.9 Å². The molecule has 7 nitrogen and oxygen atoms in total. The van der Waals surface area contributed by atoms with Crippen LogP contribution < -0.4 is 9.62 Å². The predicted octanol–water partition coefficient (Wildman–Crippen LogP) is 6.23. The minimum atomic E-state index is -3.63. The molecule has 0 fully saturated rings. The van der Waals surface area contributed by atoms with Crippen LogP contribution in [0.15, 0.2) is 36.4 Å². The highest BCUT2D eigenvalue weighted by Gasteiger charge is 2.29. The fourth-order valence-corrected chi connectivity index (χ4v) is 5.76. The summed E-state index contributed by atoms with van der Waals surface area (Å²) < 4.78 is 26.4. The van der Waals surface area contributed by atoms with Gasteiger partial charge in [0.2, 0.25) is 21.8 Å². The summed E-state index contributed by atoms with van der Waals surface area (Å²) in [4.78, 5) is 28.1. The second-order valence-electron chi connectivity index (χ2n) is 9.15. The van der Waals surface area contributed by atoms with Crippen LogP contribution in [0.25, 0.3) is 0 Å². The third kappa shape index (κ3) is 9.04. The number of carbonyl (C=O) groups is 2. The van der Waals surface area contributed by atoms with Crippen molar-refractivity contribution in [3.05, 3.63) is 62.6 Å². The van der Waals surface area contributed by atoms with Gasteiger partial charge in [-0.15, -0.1) is 0 Å². The highest BCUT2D eigenvalue weighted by molar-refractivity contribution is 7.92. The van der Waals surface area contributed by atoms with E-state index in [1.165, 1.54) is 9.21 Å². The fraction of sp³-hybridized carbons (Fsp3) is 0.481. The molecular weight excluding hydrogens is 569 g/mol. The zero-order valence-corrected chi connectivity index (χ0v) is 25.4. The molecule has 2 aromatic carbocycles. The van der Waals surface area contributed by atoms with Gasteiger partial charge < -0.3 is 10.2 Å². The Bertz CT molecular complexity index is 1220.